The lowest BCUT2D eigenvalue weighted by Gasteiger charge is -2.01. The third-order valence-corrected chi connectivity index (χ3v) is 4.19. The van der Waals surface area contributed by atoms with Gasteiger partial charge in [0.25, 0.3) is 0 Å². The molecule has 1 aromatic carbocycles. The predicted octanol–water partition coefficient (Wildman–Crippen LogP) is 4.53. The Balaban J connectivity index is 2.13. The standard InChI is InChI=1S/C14H12ClFOS/c1-2-10-4-6-14(18-10)13(17)8-9-3-5-12(16)11(15)7-9/h3-7H,2,8H2,1H3. The molecule has 0 spiro atoms. The van der Waals surface area contributed by atoms with Crippen molar-refractivity contribution in [2.45, 2.75) is 19.8 Å². The van der Waals surface area contributed by atoms with E-state index in [9.17, 15) is 9.18 Å². The number of Topliss-reactive ketones (excluding diaryl/α,β-unsaturated/α-hetero) is 1. The van der Waals surface area contributed by atoms with Gasteiger partial charge in [0.2, 0.25) is 0 Å². The average molecular weight is 283 g/mol. The van der Waals surface area contributed by atoms with E-state index in [1.54, 1.807) is 6.07 Å². The van der Waals surface area contributed by atoms with Crippen LogP contribution in [0.3, 0.4) is 0 Å². The van der Waals surface area contributed by atoms with Crippen molar-refractivity contribution in [1.29, 1.82) is 0 Å². The molecule has 0 N–H and O–H groups in total. The Morgan fingerprint density at radius 3 is 2.72 bits per heavy atom. The fraction of sp³-hybridized carbons (Fsp3) is 0.214. The highest BCUT2D eigenvalue weighted by Gasteiger charge is 2.11. The number of hydrogen-bond donors (Lipinski definition) is 0. The lowest BCUT2D eigenvalue weighted by Crippen LogP contribution is -2.01. The van der Waals surface area contributed by atoms with Crippen LogP contribution >= 0.6 is 22.9 Å². The highest BCUT2D eigenvalue weighted by molar-refractivity contribution is 7.14. The second-order valence-corrected chi connectivity index (χ2v) is 5.54. The van der Waals surface area contributed by atoms with Crippen molar-refractivity contribution < 1.29 is 9.18 Å². The molecule has 4 heteroatoms. The Morgan fingerprint density at radius 1 is 1.33 bits per heavy atom. The van der Waals surface area contributed by atoms with Crippen molar-refractivity contribution in [3.8, 4) is 0 Å². The number of carbonyl (C=O) groups is 1. The lowest BCUT2D eigenvalue weighted by atomic mass is 10.1. The first-order valence-electron chi connectivity index (χ1n) is 5.66. The summed E-state index contributed by atoms with van der Waals surface area (Å²) in [5.74, 6) is -0.417. The summed E-state index contributed by atoms with van der Waals surface area (Å²) < 4.78 is 13.0. The van der Waals surface area contributed by atoms with Gasteiger partial charge in [-0.15, -0.1) is 11.3 Å². The molecule has 1 heterocycles. The van der Waals surface area contributed by atoms with Crippen LogP contribution in [0.1, 0.15) is 27.0 Å². The second-order valence-electron chi connectivity index (χ2n) is 3.97. The predicted molar refractivity (Wildman–Crippen MR) is 73.1 cm³/mol. The maximum atomic E-state index is 13.0. The Kier molecular flexibility index (Phi) is 4.15. The summed E-state index contributed by atoms with van der Waals surface area (Å²) in [5.41, 5.74) is 0.734. The van der Waals surface area contributed by atoms with E-state index in [0.29, 0.717) is 0 Å². The molecule has 18 heavy (non-hydrogen) atoms. The monoisotopic (exact) mass is 282 g/mol. The molecular formula is C14H12ClFOS. The Bertz CT molecular complexity index is 577. The van der Waals surface area contributed by atoms with Crippen LogP contribution in [0.5, 0.6) is 0 Å². The first kappa shape index (κ1) is 13.2. The molecule has 0 aliphatic carbocycles. The van der Waals surface area contributed by atoms with Gasteiger partial charge in [-0.1, -0.05) is 24.6 Å². The summed E-state index contributed by atoms with van der Waals surface area (Å²) >= 11 is 7.20. The molecule has 0 radical (unpaired) electrons. The molecular weight excluding hydrogens is 271 g/mol. The van der Waals surface area contributed by atoms with Crippen molar-refractivity contribution in [1.82, 2.24) is 0 Å². The van der Waals surface area contributed by atoms with Gasteiger partial charge >= 0.3 is 0 Å². The minimum absolute atomic E-state index is 0.0439. The van der Waals surface area contributed by atoms with Crippen LogP contribution in [0.25, 0.3) is 0 Å². The van der Waals surface area contributed by atoms with Gasteiger partial charge in [-0.2, -0.15) is 0 Å². The normalized spacial score (nSPS) is 10.6. The molecule has 0 bridgehead atoms. The number of ketones is 1. The fourth-order valence-electron chi connectivity index (χ4n) is 1.64. The van der Waals surface area contributed by atoms with Gasteiger partial charge in [-0.3, -0.25) is 4.79 Å². The van der Waals surface area contributed by atoms with Crippen LogP contribution < -0.4 is 0 Å². The summed E-state index contributed by atoms with van der Waals surface area (Å²) in [5, 5.41) is 0.0562. The van der Waals surface area contributed by atoms with Crippen LogP contribution in [0.15, 0.2) is 30.3 Å². The number of aryl methyl sites for hydroxylation is 1. The summed E-state index contributed by atoms with van der Waals surface area (Å²) in [6.45, 7) is 2.06. The second kappa shape index (κ2) is 5.63. The number of thiophene rings is 1. The molecule has 0 amide bonds. The van der Waals surface area contributed by atoms with Gasteiger partial charge < -0.3 is 0 Å². The van der Waals surface area contributed by atoms with E-state index >= 15 is 0 Å². The maximum Gasteiger partial charge on any atom is 0.177 e. The zero-order valence-electron chi connectivity index (χ0n) is 9.87. The Labute approximate surface area is 114 Å². The topological polar surface area (TPSA) is 17.1 Å². The molecule has 2 rings (SSSR count). The summed E-state index contributed by atoms with van der Waals surface area (Å²) in [6, 6.07) is 8.19. The smallest absolute Gasteiger partial charge is 0.177 e. The van der Waals surface area contributed by atoms with Crippen molar-refractivity contribution in [2.75, 3.05) is 0 Å². The summed E-state index contributed by atoms with van der Waals surface area (Å²) in [6.07, 6.45) is 1.18. The minimum atomic E-state index is -0.461. The number of benzene rings is 1. The van der Waals surface area contributed by atoms with E-state index in [2.05, 4.69) is 6.92 Å². The third-order valence-electron chi connectivity index (χ3n) is 2.63. The van der Waals surface area contributed by atoms with Gasteiger partial charge in [0.1, 0.15) is 5.82 Å². The molecule has 1 aromatic heterocycles. The van der Waals surface area contributed by atoms with Gasteiger partial charge in [0.15, 0.2) is 5.78 Å². The molecule has 0 fully saturated rings. The van der Waals surface area contributed by atoms with E-state index in [4.69, 9.17) is 11.6 Å². The molecule has 0 unspecified atom stereocenters. The zero-order chi connectivity index (χ0) is 13.1. The van der Waals surface area contributed by atoms with E-state index in [1.807, 2.05) is 12.1 Å². The highest BCUT2D eigenvalue weighted by Crippen LogP contribution is 2.21. The van der Waals surface area contributed by atoms with Crippen molar-refractivity contribution in [3.63, 3.8) is 0 Å². The number of rotatable bonds is 4. The molecule has 94 valence electrons. The van der Waals surface area contributed by atoms with Crippen molar-refractivity contribution in [2.24, 2.45) is 0 Å². The maximum absolute atomic E-state index is 13.0. The Hall–Kier alpha value is -1.19. The average Bonchev–Trinajstić information content (AvgIpc) is 2.82. The summed E-state index contributed by atoms with van der Waals surface area (Å²) in [4.78, 5) is 13.9. The van der Waals surface area contributed by atoms with Gasteiger partial charge in [-0.25, -0.2) is 4.39 Å². The van der Waals surface area contributed by atoms with E-state index < -0.39 is 5.82 Å². The SMILES string of the molecule is CCc1ccc(C(=O)Cc2ccc(F)c(Cl)c2)s1. The largest absolute Gasteiger partial charge is 0.293 e. The molecule has 1 nitrogen and oxygen atoms in total. The van der Waals surface area contributed by atoms with Crippen molar-refractivity contribution >= 4 is 28.7 Å². The van der Waals surface area contributed by atoms with Crippen LogP contribution in [0.4, 0.5) is 4.39 Å². The minimum Gasteiger partial charge on any atom is -0.293 e. The first-order valence-corrected chi connectivity index (χ1v) is 6.85. The van der Waals surface area contributed by atoms with Gasteiger partial charge in [0, 0.05) is 11.3 Å². The van der Waals surface area contributed by atoms with Crippen molar-refractivity contribution in [3.05, 3.63) is 56.5 Å². The highest BCUT2D eigenvalue weighted by atomic mass is 35.5. The van der Waals surface area contributed by atoms with Crippen LogP contribution in [-0.2, 0) is 12.8 Å². The van der Waals surface area contributed by atoms with Gasteiger partial charge in [-0.05, 0) is 36.2 Å². The van der Waals surface area contributed by atoms with Gasteiger partial charge in [0.05, 0.1) is 9.90 Å². The molecule has 0 saturated carbocycles. The molecule has 0 aliphatic heterocycles. The quantitative estimate of drug-likeness (QED) is 0.753. The fourth-order valence-corrected chi connectivity index (χ4v) is 2.73. The van der Waals surface area contributed by atoms with E-state index in [1.165, 1.54) is 28.3 Å². The van der Waals surface area contributed by atoms with Crippen LogP contribution in [-0.4, -0.2) is 5.78 Å². The molecule has 2 aromatic rings. The number of carbonyl (C=O) groups excluding carboxylic acids is 1. The van der Waals surface area contributed by atoms with Crippen LogP contribution in [0, 0.1) is 5.82 Å². The Morgan fingerprint density at radius 2 is 2.11 bits per heavy atom. The first-order chi connectivity index (χ1) is 8.60. The lowest BCUT2D eigenvalue weighted by molar-refractivity contribution is 0.0997. The molecule has 0 saturated heterocycles. The van der Waals surface area contributed by atoms with E-state index in [0.717, 1.165) is 16.9 Å². The molecule has 0 atom stereocenters. The molecule has 0 aliphatic rings. The number of halogens is 2. The van der Waals surface area contributed by atoms with E-state index in [-0.39, 0.29) is 17.2 Å². The zero-order valence-corrected chi connectivity index (χ0v) is 11.4. The third kappa shape index (κ3) is 2.98. The van der Waals surface area contributed by atoms with Crippen LogP contribution in [0.2, 0.25) is 5.02 Å². The number of hydrogen-bond acceptors (Lipinski definition) is 2. The summed E-state index contributed by atoms with van der Waals surface area (Å²) in [7, 11) is 0.